The average molecular weight is 253 g/mol. The number of nitrogens with one attached hydrogen (secondary N) is 1. The molecule has 0 aromatic carbocycles. The first-order chi connectivity index (χ1) is 8.00. The van der Waals surface area contributed by atoms with Crippen molar-refractivity contribution in [3.05, 3.63) is 16.1 Å². The highest BCUT2D eigenvalue weighted by molar-refractivity contribution is 7.09. The summed E-state index contributed by atoms with van der Waals surface area (Å²) >= 11 is 1.45. The minimum Gasteiger partial charge on any atom is -0.346 e. The molecule has 1 aliphatic carbocycles. The minimum absolute atomic E-state index is 0.0464. The number of amides is 1. The first-order valence-corrected chi connectivity index (χ1v) is 6.92. The van der Waals surface area contributed by atoms with E-state index in [0.717, 1.165) is 17.8 Å². The molecule has 1 unspecified atom stereocenters. The lowest BCUT2D eigenvalue weighted by Gasteiger charge is -2.24. The Balaban J connectivity index is 2.04. The number of rotatable bonds is 3. The van der Waals surface area contributed by atoms with E-state index in [-0.39, 0.29) is 17.5 Å². The Labute approximate surface area is 106 Å². The highest BCUT2D eigenvalue weighted by Crippen LogP contribution is 2.29. The van der Waals surface area contributed by atoms with E-state index >= 15 is 0 Å². The molecule has 4 nitrogen and oxygen atoms in total. The quantitative estimate of drug-likeness (QED) is 0.868. The van der Waals surface area contributed by atoms with Crippen molar-refractivity contribution >= 4 is 17.2 Å². The Morgan fingerprint density at radius 1 is 1.59 bits per heavy atom. The monoisotopic (exact) mass is 253 g/mol. The minimum atomic E-state index is -0.108. The first kappa shape index (κ1) is 12.5. The van der Waals surface area contributed by atoms with Crippen molar-refractivity contribution in [2.45, 2.75) is 51.1 Å². The van der Waals surface area contributed by atoms with Crippen molar-refractivity contribution in [2.75, 3.05) is 0 Å². The van der Waals surface area contributed by atoms with E-state index in [4.69, 9.17) is 5.73 Å². The fourth-order valence-electron chi connectivity index (χ4n) is 2.22. The van der Waals surface area contributed by atoms with Gasteiger partial charge in [-0.25, -0.2) is 4.98 Å². The van der Waals surface area contributed by atoms with Crippen LogP contribution in [0.4, 0.5) is 0 Å². The normalized spacial score (nSPS) is 20.2. The fourth-order valence-corrected chi connectivity index (χ4v) is 2.98. The van der Waals surface area contributed by atoms with Crippen LogP contribution in [0, 0.1) is 0 Å². The van der Waals surface area contributed by atoms with Crippen molar-refractivity contribution < 1.29 is 4.79 Å². The SMILES string of the molecule is CC(N)c1nc(C(=O)NC2(C)CCCC2)cs1. The predicted molar refractivity (Wildman–Crippen MR) is 69.1 cm³/mol. The maximum atomic E-state index is 12.0. The van der Waals surface area contributed by atoms with E-state index in [1.165, 1.54) is 24.2 Å². The molecule has 1 heterocycles. The van der Waals surface area contributed by atoms with Gasteiger partial charge in [-0.3, -0.25) is 4.79 Å². The number of nitrogens with two attached hydrogens (primary N) is 1. The van der Waals surface area contributed by atoms with Crippen LogP contribution in [0.2, 0.25) is 0 Å². The lowest BCUT2D eigenvalue weighted by atomic mass is 10.0. The number of nitrogens with zero attached hydrogens (tertiary/aromatic N) is 1. The molecule has 1 aromatic heterocycles. The number of carbonyl (C=O) groups is 1. The van der Waals surface area contributed by atoms with E-state index in [1.807, 2.05) is 6.92 Å². The van der Waals surface area contributed by atoms with Crippen LogP contribution in [0.1, 0.15) is 61.1 Å². The summed E-state index contributed by atoms with van der Waals surface area (Å²) < 4.78 is 0. The lowest BCUT2D eigenvalue weighted by molar-refractivity contribution is 0.0903. The van der Waals surface area contributed by atoms with Gasteiger partial charge in [0.2, 0.25) is 0 Å². The summed E-state index contributed by atoms with van der Waals surface area (Å²) in [4.78, 5) is 16.3. The summed E-state index contributed by atoms with van der Waals surface area (Å²) in [6, 6.07) is -0.108. The molecule has 94 valence electrons. The van der Waals surface area contributed by atoms with Crippen LogP contribution in [0.5, 0.6) is 0 Å². The molecule has 1 aromatic rings. The van der Waals surface area contributed by atoms with Crippen LogP contribution in [0.3, 0.4) is 0 Å². The Morgan fingerprint density at radius 2 is 2.24 bits per heavy atom. The van der Waals surface area contributed by atoms with Gasteiger partial charge in [0.25, 0.3) is 5.91 Å². The molecule has 1 aliphatic rings. The molecule has 1 amide bonds. The van der Waals surface area contributed by atoms with Gasteiger partial charge >= 0.3 is 0 Å². The van der Waals surface area contributed by atoms with Gasteiger partial charge in [0.15, 0.2) is 0 Å². The third-order valence-corrected chi connectivity index (χ3v) is 4.31. The highest BCUT2D eigenvalue weighted by atomic mass is 32.1. The average Bonchev–Trinajstić information content (AvgIpc) is 2.86. The third-order valence-electron chi connectivity index (χ3n) is 3.27. The molecule has 17 heavy (non-hydrogen) atoms. The van der Waals surface area contributed by atoms with E-state index in [0.29, 0.717) is 5.69 Å². The molecule has 2 rings (SSSR count). The number of hydrogen-bond donors (Lipinski definition) is 2. The van der Waals surface area contributed by atoms with Crippen LogP contribution in [0.25, 0.3) is 0 Å². The zero-order valence-electron chi connectivity index (χ0n) is 10.3. The van der Waals surface area contributed by atoms with Crippen molar-refractivity contribution in [3.63, 3.8) is 0 Å². The smallest absolute Gasteiger partial charge is 0.271 e. The van der Waals surface area contributed by atoms with Crippen molar-refractivity contribution in [1.82, 2.24) is 10.3 Å². The van der Waals surface area contributed by atoms with Crippen molar-refractivity contribution in [3.8, 4) is 0 Å². The summed E-state index contributed by atoms with van der Waals surface area (Å²) in [7, 11) is 0. The summed E-state index contributed by atoms with van der Waals surface area (Å²) in [5, 5.41) is 5.68. The van der Waals surface area contributed by atoms with Crippen LogP contribution in [0.15, 0.2) is 5.38 Å². The molecule has 1 saturated carbocycles. The van der Waals surface area contributed by atoms with Crippen molar-refractivity contribution in [2.24, 2.45) is 5.73 Å². The Bertz CT molecular complexity index is 408. The number of thiazole rings is 1. The molecule has 0 aliphatic heterocycles. The van der Waals surface area contributed by atoms with Gasteiger partial charge in [0, 0.05) is 10.9 Å². The van der Waals surface area contributed by atoms with Crippen LogP contribution in [-0.4, -0.2) is 16.4 Å². The van der Waals surface area contributed by atoms with E-state index in [2.05, 4.69) is 17.2 Å². The van der Waals surface area contributed by atoms with E-state index in [9.17, 15) is 4.79 Å². The summed E-state index contributed by atoms with van der Waals surface area (Å²) in [5.74, 6) is -0.0717. The van der Waals surface area contributed by atoms with Crippen molar-refractivity contribution in [1.29, 1.82) is 0 Å². The summed E-state index contributed by atoms with van der Waals surface area (Å²) in [6.45, 7) is 3.98. The summed E-state index contributed by atoms with van der Waals surface area (Å²) in [6.07, 6.45) is 4.50. The molecular formula is C12H19N3OS. The molecule has 1 fully saturated rings. The third kappa shape index (κ3) is 2.84. The Kier molecular flexibility index (Phi) is 3.49. The lowest BCUT2D eigenvalue weighted by Crippen LogP contribution is -2.43. The molecule has 0 radical (unpaired) electrons. The van der Waals surface area contributed by atoms with Gasteiger partial charge in [-0.15, -0.1) is 11.3 Å². The molecule has 3 N–H and O–H groups in total. The van der Waals surface area contributed by atoms with E-state index in [1.54, 1.807) is 5.38 Å². The van der Waals surface area contributed by atoms with Crippen LogP contribution in [-0.2, 0) is 0 Å². The fraction of sp³-hybridized carbons (Fsp3) is 0.667. The van der Waals surface area contributed by atoms with Gasteiger partial charge in [-0.2, -0.15) is 0 Å². The number of aromatic nitrogens is 1. The van der Waals surface area contributed by atoms with Gasteiger partial charge in [-0.1, -0.05) is 12.8 Å². The first-order valence-electron chi connectivity index (χ1n) is 6.04. The maximum Gasteiger partial charge on any atom is 0.271 e. The second kappa shape index (κ2) is 4.74. The zero-order chi connectivity index (χ0) is 12.5. The van der Waals surface area contributed by atoms with Gasteiger partial charge < -0.3 is 11.1 Å². The van der Waals surface area contributed by atoms with E-state index < -0.39 is 0 Å². The van der Waals surface area contributed by atoms with Crippen LogP contribution < -0.4 is 11.1 Å². The second-order valence-corrected chi connectivity index (χ2v) is 5.97. The molecular weight excluding hydrogens is 234 g/mol. The number of carbonyl (C=O) groups excluding carboxylic acids is 1. The Morgan fingerprint density at radius 3 is 2.76 bits per heavy atom. The largest absolute Gasteiger partial charge is 0.346 e. The molecule has 5 heteroatoms. The topological polar surface area (TPSA) is 68.0 Å². The zero-order valence-corrected chi connectivity index (χ0v) is 11.1. The second-order valence-electron chi connectivity index (χ2n) is 5.08. The molecule has 0 saturated heterocycles. The van der Waals surface area contributed by atoms with Crippen LogP contribution >= 0.6 is 11.3 Å². The van der Waals surface area contributed by atoms with Gasteiger partial charge in [0.05, 0.1) is 6.04 Å². The van der Waals surface area contributed by atoms with Gasteiger partial charge in [0.1, 0.15) is 10.7 Å². The summed E-state index contributed by atoms with van der Waals surface area (Å²) in [5.41, 5.74) is 6.18. The highest BCUT2D eigenvalue weighted by Gasteiger charge is 2.31. The standard InChI is InChI=1S/C12H19N3OS/c1-8(13)11-14-9(7-17-11)10(16)15-12(2)5-3-4-6-12/h7-8H,3-6,13H2,1-2H3,(H,15,16). The molecule has 1 atom stereocenters. The Hall–Kier alpha value is -0.940. The van der Waals surface area contributed by atoms with Gasteiger partial charge in [-0.05, 0) is 26.7 Å². The predicted octanol–water partition coefficient (Wildman–Crippen LogP) is 2.23. The maximum absolute atomic E-state index is 12.0. The number of hydrogen-bond acceptors (Lipinski definition) is 4. The molecule has 0 spiro atoms. The molecule has 0 bridgehead atoms.